The number of piperidine rings is 1. The van der Waals surface area contributed by atoms with Crippen molar-refractivity contribution >= 4 is 28.6 Å². The molecule has 2 saturated heterocycles. The number of nitrogens with zero attached hydrogens (tertiary/aromatic N) is 6. The maximum Gasteiger partial charge on any atom is 0.165 e. The number of aliphatic hydroxyl groups is 1. The van der Waals surface area contributed by atoms with Crippen LogP contribution in [0.25, 0.3) is 11.2 Å². The normalized spacial score (nSPS) is 24.2. The second-order valence-corrected chi connectivity index (χ2v) is 8.88. The number of ether oxygens (including phenoxy) is 1. The van der Waals surface area contributed by atoms with Gasteiger partial charge in [0.1, 0.15) is 12.2 Å². The number of hydrogen-bond donors (Lipinski definition) is 1. The molecule has 0 aliphatic carbocycles. The average Bonchev–Trinajstić information content (AvgIpc) is 3.04. The van der Waals surface area contributed by atoms with Crippen LogP contribution >= 0.6 is 11.6 Å². The van der Waals surface area contributed by atoms with Crippen molar-refractivity contribution in [3.63, 3.8) is 0 Å². The fourth-order valence-corrected chi connectivity index (χ4v) is 4.67. The van der Waals surface area contributed by atoms with Crippen molar-refractivity contribution in [2.24, 2.45) is 13.0 Å². The lowest BCUT2D eigenvalue weighted by atomic mass is 9.83. The van der Waals surface area contributed by atoms with Crippen LogP contribution in [-0.4, -0.2) is 79.9 Å². The summed E-state index contributed by atoms with van der Waals surface area (Å²) in [6.45, 7) is 8.84. The number of rotatable bonds is 5. The molecular weight excluding hydrogens is 392 g/mol. The number of halogens is 1. The Hall–Kier alpha value is -1.48. The zero-order valence-corrected chi connectivity index (χ0v) is 18.3. The van der Waals surface area contributed by atoms with Crippen LogP contribution in [0.15, 0.2) is 6.33 Å². The summed E-state index contributed by atoms with van der Waals surface area (Å²) in [6.07, 6.45) is 3.52. The zero-order chi connectivity index (χ0) is 20.6. The highest BCUT2D eigenvalue weighted by Gasteiger charge is 2.34. The minimum absolute atomic E-state index is 0.247. The van der Waals surface area contributed by atoms with E-state index >= 15 is 0 Å². The average molecular weight is 423 g/mol. The summed E-state index contributed by atoms with van der Waals surface area (Å²) < 4.78 is 7.65. The highest BCUT2D eigenvalue weighted by Crippen LogP contribution is 2.30. The maximum atomic E-state index is 10.4. The molecule has 4 rings (SSSR count). The van der Waals surface area contributed by atoms with E-state index in [-0.39, 0.29) is 17.8 Å². The molecule has 0 radical (unpaired) electrons. The molecule has 2 aliphatic heterocycles. The van der Waals surface area contributed by atoms with Crippen molar-refractivity contribution in [1.82, 2.24) is 24.4 Å². The predicted molar refractivity (Wildman–Crippen MR) is 113 cm³/mol. The molecule has 2 aromatic heterocycles. The van der Waals surface area contributed by atoms with Gasteiger partial charge in [-0.1, -0.05) is 0 Å². The van der Waals surface area contributed by atoms with Gasteiger partial charge in [-0.15, -0.1) is 11.6 Å². The van der Waals surface area contributed by atoms with Gasteiger partial charge in [0.2, 0.25) is 0 Å². The first-order chi connectivity index (χ1) is 13.9. The largest absolute Gasteiger partial charge is 0.389 e. The Labute approximate surface area is 176 Å². The van der Waals surface area contributed by atoms with Gasteiger partial charge in [-0.2, -0.15) is 0 Å². The van der Waals surface area contributed by atoms with Gasteiger partial charge in [-0.3, -0.25) is 4.90 Å². The topological polar surface area (TPSA) is 79.5 Å². The monoisotopic (exact) mass is 422 g/mol. The predicted octanol–water partition coefficient (Wildman–Crippen LogP) is 1.79. The van der Waals surface area contributed by atoms with Crippen LogP contribution in [0.2, 0.25) is 0 Å². The van der Waals surface area contributed by atoms with Crippen molar-refractivity contribution in [3.8, 4) is 0 Å². The molecule has 9 heteroatoms. The van der Waals surface area contributed by atoms with Gasteiger partial charge in [0.25, 0.3) is 0 Å². The van der Waals surface area contributed by atoms with Gasteiger partial charge in [-0.05, 0) is 45.7 Å². The first kappa shape index (κ1) is 20.8. The molecule has 2 aliphatic rings. The molecule has 2 atom stereocenters. The molecule has 0 amide bonds. The number of aryl methyl sites for hydroxylation is 1. The van der Waals surface area contributed by atoms with Crippen LogP contribution in [0.5, 0.6) is 0 Å². The fourth-order valence-electron chi connectivity index (χ4n) is 4.45. The minimum Gasteiger partial charge on any atom is -0.389 e. The summed E-state index contributed by atoms with van der Waals surface area (Å²) in [6, 6.07) is 0.265. The first-order valence-electron chi connectivity index (χ1n) is 10.4. The standard InChI is InChI=1S/C20H31ClN6O2/c1-14-11-29-9-8-27(14)19-17-18(22-13-23-19)25(3)16(24-17)10-26-6-4-15(5-7-26)20(2,28)12-21/h13-15,28H,4-12H2,1-3H3/t14-,20?/m0/s1. The van der Waals surface area contributed by atoms with Crippen molar-refractivity contribution in [1.29, 1.82) is 0 Å². The number of hydrogen-bond acceptors (Lipinski definition) is 7. The molecule has 0 aromatic carbocycles. The molecular formula is C20H31ClN6O2. The fraction of sp³-hybridized carbons (Fsp3) is 0.750. The van der Waals surface area contributed by atoms with Crippen molar-refractivity contribution in [2.45, 2.75) is 44.9 Å². The highest BCUT2D eigenvalue weighted by molar-refractivity contribution is 6.18. The summed E-state index contributed by atoms with van der Waals surface area (Å²) in [5, 5.41) is 10.4. The highest BCUT2D eigenvalue weighted by atomic mass is 35.5. The van der Waals surface area contributed by atoms with Crippen LogP contribution in [0.3, 0.4) is 0 Å². The van der Waals surface area contributed by atoms with E-state index in [4.69, 9.17) is 21.3 Å². The Morgan fingerprint density at radius 2 is 2.03 bits per heavy atom. The second-order valence-electron chi connectivity index (χ2n) is 8.62. The van der Waals surface area contributed by atoms with Crippen LogP contribution in [0, 0.1) is 5.92 Å². The lowest BCUT2D eigenvalue weighted by Crippen LogP contribution is -2.44. The molecule has 29 heavy (non-hydrogen) atoms. The third kappa shape index (κ3) is 4.08. The smallest absolute Gasteiger partial charge is 0.165 e. The van der Waals surface area contributed by atoms with E-state index in [2.05, 4.69) is 31.3 Å². The zero-order valence-electron chi connectivity index (χ0n) is 17.5. The summed E-state index contributed by atoms with van der Waals surface area (Å²) in [7, 11) is 2.02. The lowest BCUT2D eigenvalue weighted by Gasteiger charge is -2.38. The number of imidazole rings is 1. The number of fused-ring (bicyclic) bond motifs is 1. The first-order valence-corrected chi connectivity index (χ1v) is 11.0. The van der Waals surface area contributed by atoms with Gasteiger partial charge in [-0.25, -0.2) is 15.0 Å². The molecule has 0 spiro atoms. The lowest BCUT2D eigenvalue weighted by molar-refractivity contribution is -0.0111. The van der Waals surface area contributed by atoms with Gasteiger partial charge < -0.3 is 19.3 Å². The Kier molecular flexibility index (Phi) is 5.97. The third-order valence-corrected chi connectivity index (χ3v) is 7.01. The maximum absolute atomic E-state index is 10.4. The summed E-state index contributed by atoms with van der Waals surface area (Å²) in [5.74, 6) is 2.41. The van der Waals surface area contributed by atoms with Crippen molar-refractivity contribution in [3.05, 3.63) is 12.2 Å². The second kappa shape index (κ2) is 8.34. The summed E-state index contributed by atoms with van der Waals surface area (Å²) in [4.78, 5) is 18.7. The molecule has 0 saturated carbocycles. The Bertz CT molecular complexity index is 849. The van der Waals surface area contributed by atoms with Crippen molar-refractivity contribution < 1.29 is 9.84 Å². The van der Waals surface area contributed by atoms with Crippen LogP contribution in [-0.2, 0) is 18.3 Å². The molecule has 160 valence electrons. The van der Waals surface area contributed by atoms with Gasteiger partial charge >= 0.3 is 0 Å². The third-order valence-electron chi connectivity index (χ3n) is 6.47. The van der Waals surface area contributed by atoms with Gasteiger partial charge in [0.15, 0.2) is 17.0 Å². The van der Waals surface area contributed by atoms with E-state index in [1.807, 2.05) is 14.0 Å². The minimum atomic E-state index is -0.787. The van der Waals surface area contributed by atoms with Crippen LogP contribution < -0.4 is 4.90 Å². The number of anilines is 1. The van der Waals surface area contributed by atoms with E-state index in [1.54, 1.807) is 6.33 Å². The molecule has 4 heterocycles. The van der Waals surface area contributed by atoms with Crippen LogP contribution in [0.1, 0.15) is 32.5 Å². The summed E-state index contributed by atoms with van der Waals surface area (Å²) >= 11 is 5.95. The SMILES string of the molecule is C[C@H]1COCCN1c1ncnc2c1nc(CN1CCC(C(C)(O)CCl)CC1)n2C. The molecule has 2 aromatic rings. The number of aromatic nitrogens is 4. The van der Waals surface area contributed by atoms with Crippen molar-refractivity contribution in [2.75, 3.05) is 43.6 Å². The molecule has 1 unspecified atom stereocenters. The molecule has 8 nitrogen and oxygen atoms in total. The van der Waals surface area contributed by atoms with E-state index in [9.17, 15) is 5.11 Å². The summed E-state index contributed by atoms with van der Waals surface area (Å²) in [5.41, 5.74) is 0.938. The van der Waals surface area contributed by atoms with E-state index < -0.39 is 5.60 Å². The number of morpholine rings is 1. The van der Waals surface area contributed by atoms with E-state index in [0.717, 1.165) is 61.8 Å². The Morgan fingerprint density at radius 1 is 1.28 bits per heavy atom. The van der Waals surface area contributed by atoms with Crippen LogP contribution in [0.4, 0.5) is 5.82 Å². The van der Waals surface area contributed by atoms with E-state index in [0.29, 0.717) is 13.2 Å². The molecule has 0 bridgehead atoms. The van der Waals surface area contributed by atoms with Gasteiger partial charge in [0.05, 0.1) is 37.3 Å². The quantitative estimate of drug-likeness (QED) is 0.736. The number of likely N-dealkylation sites (tertiary alicyclic amines) is 1. The molecule has 1 N–H and O–H groups in total. The van der Waals surface area contributed by atoms with Gasteiger partial charge in [0, 0.05) is 13.6 Å². The van der Waals surface area contributed by atoms with E-state index in [1.165, 1.54) is 0 Å². The number of alkyl halides is 1. The molecule has 2 fully saturated rings. The Morgan fingerprint density at radius 3 is 2.72 bits per heavy atom. The Balaban J connectivity index is 1.52.